The third-order valence-electron chi connectivity index (χ3n) is 5.21. The second-order valence-electron chi connectivity index (χ2n) is 8.53. The smallest absolute Gasteiger partial charge is 0.245 e. The summed E-state index contributed by atoms with van der Waals surface area (Å²) in [5, 5.41) is 2.96. The molecule has 0 aromatic heterocycles. The molecule has 1 aliphatic rings. The van der Waals surface area contributed by atoms with Crippen LogP contribution < -0.4 is 16.0 Å². The second-order valence-corrected chi connectivity index (χ2v) is 8.53. The van der Waals surface area contributed by atoms with Gasteiger partial charge in [-0.05, 0) is 41.3 Å². The van der Waals surface area contributed by atoms with Gasteiger partial charge in [0, 0.05) is 30.4 Å². The molecule has 3 atom stereocenters. The van der Waals surface area contributed by atoms with Crippen LogP contribution >= 0.6 is 0 Å². The SMILES string of the molecule is C=N/C=C(\C=C/C)C(C(N)=O)N(C(=O)C1CC(OF)CN1)c1ccc(C(C)(C)C)cc1. The monoisotopic (exact) mass is 430 g/mol. The average Bonchev–Trinajstić information content (AvgIpc) is 3.20. The number of halogens is 1. The number of allylic oxidation sites excluding steroid dienone is 1. The van der Waals surface area contributed by atoms with Crippen molar-refractivity contribution in [3.05, 3.63) is 53.8 Å². The maximum Gasteiger partial charge on any atom is 0.245 e. The molecule has 1 aromatic rings. The van der Waals surface area contributed by atoms with Gasteiger partial charge in [-0.3, -0.25) is 19.5 Å². The van der Waals surface area contributed by atoms with Gasteiger partial charge in [-0.2, -0.15) is 4.94 Å². The fourth-order valence-corrected chi connectivity index (χ4v) is 3.60. The highest BCUT2D eigenvalue weighted by Gasteiger charge is 2.39. The lowest BCUT2D eigenvalue weighted by atomic mass is 9.87. The standard InChI is InChI=1S/C23H31FN4O3/c1-6-7-15(13-26-5)20(21(25)29)28(22(30)19-12-18(31-24)14-27-19)17-10-8-16(9-11-17)23(2,3)4/h6-11,13,18-20,27H,5,12,14H2,1-4H3,(H2,25,29)/b7-6-,15-13+. The summed E-state index contributed by atoms with van der Waals surface area (Å²) in [4.78, 5) is 35.1. The first kappa shape index (κ1) is 24.4. The van der Waals surface area contributed by atoms with Gasteiger partial charge < -0.3 is 11.1 Å². The molecule has 8 heteroatoms. The van der Waals surface area contributed by atoms with E-state index in [9.17, 15) is 14.1 Å². The minimum Gasteiger partial charge on any atom is -0.368 e. The molecule has 1 saturated heterocycles. The zero-order valence-corrected chi connectivity index (χ0v) is 18.5. The fourth-order valence-electron chi connectivity index (χ4n) is 3.60. The first-order chi connectivity index (χ1) is 14.6. The maximum absolute atomic E-state index is 13.5. The van der Waals surface area contributed by atoms with E-state index >= 15 is 0 Å². The highest BCUT2D eigenvalue weighted by atomic mass is 19.3. The number of nitrogens with zero attached hydrogens (tertiary/aromatic N) is 2. The molecule has 0 bridgehead atoms. The highest BCUT2D eigenvalue weighted by molar-refractivity contribution is 6.04. The van der Waals surface area contributed by atoms with Crippen LogP contribution in [0.1, 0.15) is 39.7 Å². The third kappa shape index (κ3) is 5.86. The molecule has 0 saturated carbocycles. The normalized spacial score (nSPS) is 20.6. The number of nitrogens with one attached hydrogen (secondary N) is 1. The van der Waals surface area contributed by atoms with E-state index in [-0.39, 0.29) is 18.4 Å². The van der Waals surface area contributed by atoms with Gasteiger partial charge in [-0.1, -0.05) is 45.1 Å². The summed E-state index contributed by atoms with van der Waals surface area (Å²) in [7, 11) is 0. The first-order valence-electron chi connectivity index (χ1n) is 10.2. The minimum atomic E-state index is -1.12. The molecule has 1 fully saturated rings. The van der Waals surface area contributed by atoms with Gasteiger partial charge >= 0.3 is 0 Å². The van der Waals surface area contributed by atoms with Gasteiger partial charge in [0.05, 0.1) is 6.04 Å². The summed E-state index contributed by atoms with van der Waals surface area (Å²) in [6.07, 6.45) is 4.18. The molecule has 1 aliphatic heterocycles. The predicted molar refractivity (Wildman–Crippen MR) is 120 cm³/mol. The number of hydrogen-bond donors (Lipinski definition) is 2. The molecule has 0 spiro atoms. The van der Waals surface area contributed by atoms with Crippen molar-refractivity contribution in [2.24, 2.45) is 10.7 Å². The number of anilines is 1. The molecule has 31 heavy (non-hydrogen) atoms. The largest absolute Gasteiger partial charge is 0.368 e. The molecule has 2 rings (SSSR count). The molecule has 1 aromatic carbocycles. The zero-order chi connectivity index (χ0) is 23.2. The van der Waals surface area contributed by atoms with Crippen molar-refractivity contribution in [2.75, 3.05) is 11.4 Å². The number of carbonyl (C=O) groups is 2. The van der Waals surface area contributed by atoms with Crippen LogP contribution in [0.5, 0.6) is 0 Å². The number of rotatable bonds is 8. The Balaban J connectivity index is 2.57. The van der Waals surface area contributed by atoms with Crippen molar-refractivity contribution < 1.29 is 19.1 Å². The molecule has 7 nitrogen and oxygen atoms in total. The van der Waals surface area contributed by atoms with Gasteiger partial charge in [0.1, 0.15) is 12.1 Å². The lowest BCUT2D eigenvalue weighted by molar-refractivity contribution is -0.172. The Morgan fingerprint density at radius 2 is 2.00 bits per heavy atom. The molecule has 0 radical (unpaired) electrons. The van der Waals surface area contributed by atoms with Gasteiger partial charge in [0.15, 0.2) is 0 Å². The molecule has 1 heterocycles. The number of aliphatic imine (C=N–C) groups is 1. The van der Waals surface area contributed by atoms with Crippen molar-refractivity contribution >= 4 is 24.2 Å². The zero-order valence-electron chi connectivity index (χ0n) is 18.5. The topological polar surface area (TPSA) is 97.0 Å². The van der Waals surface area contributed by atoms with E-state index in [4.69, 9.17) is 5.73 Å². The van der Waals surface area contributed by atoms with Gasteiger partial charge in [0.2, 0.25) is 11.8 Å². The fraction of sp³-hybridized carbons (Fsp3) is 0.435. The van der Waals surface area contributed by atoms with Crippen molar-refractivity contribution in [3.63, 3.8) is 0 Å². The Labute approximate surface area is 182 Å². The number of amides is 2. The van der Waals surface area contributed by atoms with E-state index in [1.807, 2.05) is 12.1 Å². The summed E-state index contributed by atoms with van der Waals surface area (Å²) in [6.45, 7) is 11.7. The summed E-state index contributed by atoms with van der Waals surface area (Å²) >= 11 is 0. The Bertz CT molecular complexity index is 859. The molecule has 2 amide bonds. The van der Waals surface area contributed by atoms with Crippen molar-refractivity contribution in [2.45, 2.75) is 57.7 Å². The Morgan fingerprint density at radius 3 is 2.45 bits per heavy atom. The van der Waals surface area contributed by atoms with Gasteiger partial charge in [-0.15, -0.1) is 0 Å². The number of hydrogen-bond acceptors (Lipinski definition) is 5. The van der Waals surface area contributed by atoms with Gasteiger partial charge in [0.25, 0.3) is 0 Å². The van der Waals surface area contributed by atoms with Crippen LogP contribution in [0.3, 0.4) is 0 Å². The molecular weight excluding hydrogens is 399 g/mol. The maximum atomic E-state index is 13.5. The number of benzene rings is 1. The molecule has 3 N–H and O–H groups in total. The van der Waals surface area contributed by atoms with Crippen LogP contribution in [0, 0.1) is 0 Å². The van der Waals surface area contributed by atoms with Gasteiger partial charge in [-0.25, -0.2) is 0 Å². The van der Waals surface area contributed by atoms with Crippen LogP contribution in [0.25, 0.3) is 0 Å². The first-order valence-corrected chi connectivity index (χ1v) is 10.2. The van der Waals surface area contributed by atoms with E-state index in [2.05, 4.69) is 42.7 Å². The lowest BCUT2D eigenvalue weighted by Gasteiger charge is -2.33. The molecule has 0 aliphatic carbocycles. The van der Waals surface area contributed by atoms with Crippen molar-refractivity contribution in [1.29, 1.82) is 0 Å². The van der Waals surface area contributed by atoms with Crippen molar-refractivity contribution in [1.82, 2.24) is 5.32 Å². The summed E-state index contributed by atoms with van der Waals surface area (Å²) in [6, 6.07) is 5.53. The van der Waals surface area contributed by atoms with E-state index < -0.39 is 30.0 Å². The summed E-state index contributed by atoms with van der Waals surface area (Å²) in [5.74, 6) is -1.14. The van der Waals surface area contributed by atoms with Crippen molar-refractivity contribution in [3.8, 4) is 0 Å². The average molecular weight is 431 g/mol. The molecule has 3 unspecified atom stereocenters. The number of carbonyl (C=O) groups excluding carboxylic acids is 2. The number of primary amides is 1. The van der Waals surface area contributed by atoms with Crippen LogP contribution in [-0.2, 0) is 19.9 Å². The third-order valence-corrected chi connectivity index (χ3v) is 5.21. The Kier molecular flexibility index (Phi) is 8.24. The molecule has 168 valence electrons. The Hall–Kier alpha value is -2.84. The second kappa shape index (κ2) is 10.5. The lowest BCUT2D eigenvalue weighted by Crippen LogP contribution is -2.54. The molecular formula is C23H31FN4O3. The highest BCUT2D eigenvalue weighted by Crippen LogP contribution is 2.29. The van der Waals surface area contributed by atoms with E-state index in [1.165, 1.54) is 11.1 Å². The van der Waals surface area contributed by atoms with E-state index in [0.717, 1.165) is 5.56 Å². The van der Waals surface area contributed by atoms with Crippen LogP contribution in [0.2, 0.25) is 0 Å². The quantitative estimate of drug-likeness (QED) is 0.489. The Morgan fingerprint density at radius 1 is 1.35 bits per heavy atom. The van der Waals surface area contributed by atoms with Crippen LogP contribution in [-0.4, -0.2) is 43.3 Å². The summed E-state index contributed by atoms with van der Waals surface area (Å²) < 4.78 is 12.7. The van der Waals surface area contributed by atoms with Crippen LogP contribution in [0.15, 0.2) is 53.2 Å². The van der Waals surface area contributed by atoms with E-state index in [1.54, 1.807) is 31.2 Å². The summed E-state index contributed by atoms with van der Waals surface area (Å²) in [5.41, 5.74) is 7.64. The van der Waals surface area contributed by atoms with Crippen LogP contribution in [0.4, 0.5) is 10.2 Å². The van der Waals surface area contributed by atoms with E-state index in [0.29, 0.717) is 11.3 Å². The number of nitrogens with two attached hydrogens (primary N) is 1. The predicted octanol–water partition coefficient (Wildman–Crippen LogP) is 2.96. The minimum absolute atomic E-state index is 0.0854.